The molecule has 0 saturated heterocycles. The van der Waals surface area contributed by atoms with Crippen LogP contribution in [0, 0.1) is 0 Å². The molecule has 1 heterocycles. The number of ether oxygens (including phenoxy) is 1. The van der Waals surface area contributed by atoms with E-state index in [-0.39, 0.29) is 5.91 Å². The van der Waals surface area contributed by atoms with E-state index in [0.29, 0.717) is 16.9 Å². The van der Waals surface area contributed by atoms with E-state index in [0.717, 1.165) is 12.2 Å². The average Bonchev–Trinajstić information content (AvgIpc) is 2.88. The lowest BCUT2D eigenvalue weighted by molar-refractivity contribution is -0.127. The number of benzene rings is 1. The number of para-hydroxylation sites is 1. The van der Waals surface area contributed by atoms with E-state index in [1.54, 1.807) is 17.8 Å². The predicted octanol–water partition coefficient (Wildman–Crippen LogP) is 2.08. The van der Waals surface area contributed by atoms with Crippen LogP contribution >= 0.6 is 15.9 Å². The normalized spacial score (nSPS) is 12.2. The number of carbonyl (C=O) groups is 1. The van der Waals surface area contributed by atoms with Gasteiger partial charge < -0.3 is 15.0 Å². The zero-order valence-electron chi connectivity index (χ0n) is 13.5. The molecule has 1 N–H and O–H groups in total. The number of rotatable bonds is 7. The van der Waals surface area contributed by atoms with E-state index in [2.05, 4.69) is 26.3 Å². The van der Waals surface area contributed by atoms with Gasteiger partial charge in [-0.05, 0) is 49.1 Å². The maximum Gasteiger partial charge on any atom is 0.260 e. The third kappa shape index (κ3) is 5.07. The van der Waals surface area contributed by atoms with Crippen molar-refractivity contribution in [1.29, 1.82) is 0 Å². The Balaban J connectivity index is 1.97. The number of nitrogens with one attached hydrogen (secondary N) is 1. The highest BCUT2D eigenvalue weighted by Gasteiger charge is 2.18. The Bertz CT molecular complexity index is 643. The van der Waals surface area contributed by atoms with Gasteiger partial charge in [-0.25, -0.2) is 4.68 Å². The van der Waals surface area contributed by atoms with Crippen molar-refractivity contribution in [2.75, 3.05) is 27.2 Å². The number of aromatic nitrogens is 2. The molecule has 7 heteroatoms. The molecule has 23 heavy (non-hydrogen) atoms. The van der Waals surface area contributed by atoms with Crippen molar-refractivity contribution in [2.45, 2.75) is 13.0 Å². The molecule has 2 aromatic rings. The summed E-state index contributed by atoms with van der Waals surface area (Å²) >= 11 is 3.42. The largest absolute Gasteiger partial charge is 0.463 e. The molecule has 0 radical (unpaired) electrons. The van der Waals surface area contributed by atoms with Gasteiger partial charge in [-0.1, -0.05) is 18.2 Å². The molecule has 1 unspecified atom stereocenters. The number of nitrogens with zero attached hydrogens (tertiary/aromatic N) is 3. The minimum atomic E-state index is -0.618. The fourth-order valence-corrected chi connectivity index (χ4v) is 2.26. The standard InChI is InChI=1S/C16H21BrN4O2/c1-12(15(22)18-9-10-20(2)3)23-16-14(17)11-21(19-16)13-7-5-4-6-8-13/h4-8,11-12H,9-10H2,1-3H3,(H,18,22). The Hall–Kier alpha value is -1.86. The van der Waals surface area contributed by atoms with Crippen LogP contribution in [0.15, 0.2) is 41.0 Å². The molecule has 2 rings (SSSR count). The predicted molar refractivity (Wildman–Crippen MR) is 92.9 cm³/mol. The Morgan fingerprint density at radius 3 is 2.74 bits per heavy atom. The third-order valence-electron chi connectivity index (χ3n) is 3.18. The molecule has 0 aliphatic carbocycles. The van der Waals surface area contributed by atoms with Gasteiger partial charge in [0, 0.05) is 19.3 Å². The van der Waals surface area contributed by atoms with Gasteiger partial charge >= 0.3 is 0 Å². The minimum absolute atomic E-state index is 0.159. The van der Waals surface area contributed by atoms with Gasteiger partial charge in [-0.15, -0.1) is 5.10 Å². The SMILES string of the molecule is CC(Oc1nn(-c2ccccc2)cc1Br)C(=O)NCCN(C)C. The lowest BCUT2D eigenvalue weighted by atomic mass is 10.3. The molecule has 0 spiro atoms. The van der Waals surface area contributed by atoms with Crippen LogP contribution in [0.2, 0.25) is 0 Å². The maximum atomic E-state index is 12.0. The smallest absolute Gasteiger partial charge is 0.260 e. The lowest BCUT2D eigenvalue weighted by Gasteiger charge is -2.15. The second kappa shape index (κ2) is 8.12. The molecular formula is C16H21BrN4O2. The first-order valence-corrected chi connectivity index (χ1v) is 8.16. The van der Waals surface area contributed by atoms with E-state index in [1.807, 2.05) is 49.3 Å². The van der Waals surface area contributed by atoms with Crippen LogP contribution in [-0.2, 0) is 4.79 Å². The van der Waals surface area contributed by atoms with Crippen molar-refractivity contribution in [3.05, 3.63) is 41.0 Å². The summed E-state index contributed by atoms with van der Waals surface area (Å²) in [7, 11) is 3.92. The van der Waals surface area contributed by atoms with E-state index in [9.17, 15) is 4.79 Å². The van der Waals surface area contributed by atoms with E-state index in [1.165, 1.54) is 0 Å². The Kier molecular flexibility index (Phi) is 6.18. The van der Waals surface area contributed by atoms with Crippen LogP contribution in [0.4, 0.5) is 0 Å². The van der Waals surface area contributed by atoms with Gasteiger partial charge in [0.05, 0.1) is 10.2 Å². The fourth-order valence-electron chi connectivity index (χ4n) is 1.90. The molecule has 0 aliphatic heterocycles. The van der Waals surface area contributed by atoms with Crippen molar-refractivity contribution in [2.24, 2.45) is 0 Å². The molecule has 1 aromatic heterocycles. The first kappa shape index (κ1) is 17.5. The maximum absolute atomic E-state index is 12.0. The summed E-state index contributed by atoms with van der Waals surface area (Å²) in [5.41, 5.74) is 0.922. The zero-order valence-corrected chi connectivity index (χ0v) is 15.1. The quantitative estimate of drug-likeness (QED) is 0.798. The lowest BCUT2D eigenvalue weighted by Crippen LogP contribution is -2.39. The Morgan fingerprint density at radius 2 is 2.09 bits per heavy atom. The molecule has 0 saturated carbocycles. The molecular weight excluding hydrogens is 360 g/mol. The first-order valence-electron chi connectivity index (χ1n) is 7.37. The van der Waals surface area contributed by atoms with Crippen LogP contribution in [0.5, 0.6) is 5.88 Å². The summed E-state index contributed by atoms with van der Waals surface area (Å²) in [6, 6.07) is 9.71. The number of likely N-dealkylation sites (N-methyl/N-ethyl adjacent to an activating group) is 1. The third-order valence-corrected chi connectivity index (χ3v) is 3.72. The molecule has 124 valence electrons. The van der Waals surface area contributed by atoms with Crippen LogP contribution in [0.1, 0.15) is 6.92 Å². The monoisotopic (exact) mass is 380 g/mol. The summed E-state index contributed by atoms with van der Waals surface area (Å²) < 4.78 is 8.07. The number of amides is 1. The molecule has 0 bridgehead atoms. The van der Waals surface area contributed by atoms with E-state index in [4.69, 9.17) is 4.74 Å². The average molecular weight is 381 g/mol. The van der Waals surface area contributed by atoms with Crippen LogP contribution in [-0.4, -0.2) is 53.9 Å². The van der Waals surface area contributed by atoms with Gasteiger partial charge in [0.15, 0.2) is 6.10 Å². The van der Waals surface area contributed by atoms with Gasteiger partial charge in [0.1, 0.15) is 0 Å². The van der Waals surface area contributed by atoms with Crippen molar-refractivity contribution >= 4 is 21.8 Å². The molecule has 6 nitrogen and oxygen atoms in total. The minimum Gasteiger partial charge on any atom is -0.463 e. The van der Waals surface area contributed by atoms with Crippen LogP contribution in [0.3, 0.4) is 0 Å². The second-order valence-electron chi connectivity index (χ2n) is 5.42. The zero-order chi connectivity index (χ0) is 16.8. The van der Waals surface area contributed by atoms with Gasteiger partial charge in [0.2, 0.25) is 5.88 Å². The molecule has 1 atom stereocenters. The summed E-state index contributed by atoms with van der Waals surface area (Å²) in [4.78, 5) is 14.0. The Labute approximate surface area is 144 Å². The molecule has 0 aliphatic rings. The Morgan fingerprint density at radius 1 is 1.39 bits per heavy atom. The summed E-state index contributed by atoms with van der Waals surface area (Å²) in [5, 5.41) is 7.21. The van der Waals surface area contributed by atoms with Gasteiger partial charge in [-0.3, -0.25) is 4.79 Å². The van der Waals surface area contributed by atoms with Crippen molar-refractivity contribution in [3.63, 3.8) is 0 Å². The first-order chi connectivity index (χ1) is 11.0. The molecule has 1 aromatic carbocycles. The van der Waals surface area contributed by atoms with E-state index >= 15 is 0 Å². The van der Waals surface area contributed by atoms with Crippen molar-refractivity contribution < 1.29 is 9.53 Å². The number of halogens is 1. The summed E-state index contributed by atoms with van der Waals surface area (Å²) in [6.45, 7) is 3.07. The highest BCUT2D eigenvalue weighted by atomic mass is 79.9. The number of carbonyl (C=O) groups excluding carboxylic acids is 1. The van der Waals surface area contributed by atoms with Gasteiger partial charge in [0.25, 0.3) is 5.91 Å². The number of hydrogen-bond donors (Lipinski definition) is 1. The second-order valence-corrected chi connectivity index (χ2v) is 6.27. The highest BCUT2D eigenvalue weighted by Crippen LogP contribution is 2.25. The van der Waals surface area contributed by atoms with Gasteiger partial charge in [-0.2, -0.15) is 0 Å². The summed E-state index contributed by atoms with van der Waals surface area (Å²) in [5.74, 6) is 0.233. The fraction of sp³-hybridized carbons (Fsp3) is 0.375. The summed E-state index contributed by atoms with van der Waals surface area (Å²) in [6.07, 6.45) is 1.19. The van der Waals surface area contributed by atoms with Crippen LogP contribution < -0.4 is 10.1 Å². The van der Waals surface area contributed by atoms with Crippen LogP contribution in [0.25, 0.3) is 5.69 Å². The topological polar surface area (TPSA) is 59.4 Å². The van der Waals surface area contributed by atoms with Crippen molar-refractivity contribution in [1.82, 2.24) is 20.0 Å². The number of hydrogen-bond acceptors (Lipinski definition) is 4. The van der Waals surface area contributed by atoms with Crippen molar-refractivity contribution in [3.8, 4) is 11.6 Å². The molecule has 0 fully saturated rings. The molecule has 1 amide bonds. The highest BCUT2D eigenvalue weighted by molar-refractivity contribution is 9.10. The van der Waals surface area contributed by atoms with E-state index < -0.39 is 6.10 Å².